The number of nitro groups is 1. The van der Waals surface area contributed by atoms with Gasteiger partial charge in [0.2, 0.25) is 0 Å². The van der Waals surface area contributed by atoms with Crippen LogP contribution in [0.25, 0.3) is 12.2 Å². The number of benzene rings is 1. The first kappa shape index (κ1) is 19.1. The zero-order chi connectivity index (χ0) is 18.9. The number of phenolic OH excluding ortho intramolecular Hbond substituents is 1. The Labute approximate surface area is 148 Å². The molecule has 1 aliphatic rings. The number of aromatic amines is 2. The minimum Gasteiger partial charge on any atom is -0.508 e. The number of H-pyrrole nitrogens is 2. The Morgan fingerprint density at radius 3 is 2.15 bits per heavy atom. The van der Waals surface area contributed by atoms with E-state index in [1.807, 2.05) is 0 Å². The van der Waals surface area contributed by atoms with Crippen LogP contribution in [0.1, 0.15) is 30.5 Å². The number of aromatic hydroxyl groups is 1. The van der Waals surface area contributed by atoms with Gasteiger partial charge in [-0.15, -0.1) is 0 Å². The number of phenols is 1. The normalized spacial score (nSPS) is 13.8. The van der Waals surface area contributed by atoms with Crippen molar-refractivity contribution in [2.75, 3.05) is 13.1 Å². The molecule has 9 nitrogen and oxygen atoms in total. The van der Waals surface area contributed by atoms with E-state index in [-0.39, 0.29) is 11.4 Å². The van der Waals surface area contributed by atoms with Crippen molar-refractivity contribution in [1.82, 2.24) is 15.3 Å². The fraction of sp³-hybridized carbons (Fsp3) is 0.294. The quantitative estimate of drug-likeness (QED) is 0.484. The maximum atomic E-state index is 11.4. The highest BCUT2D eigenvalue weighted by atomic mass is 16.6. The average Bonchev–Trinajstić information content (AvgIpc) is 2.62. The SMILES string of the molecule is C1CCNCC1.O=c1[nH]c(/C=C/c2ccc(O)cc2)c([N+](=O)[O-])c(=O)[nH]1. The summed E-state index contributed by atoms with van der Waals surface area (Å²) in [4.78, 5) is 36.4. The number of hydrogen-bond donors (Lipinski definition) is 4. The van der Waals surface area contributed by atoms with Crippen LogP contribution in [-0.4, -0.2) is 33.1 Å². The van der Waals surface area contributed by atoms with Gasteiger partial charge in [-0.05, 0) is 49.7 Å². The summed E-state index contributed by atoms with van der Waals surface area (Å²) in [6.07, 6.45) is 6.94. The molecule has 0 spiro atoms. The van der Waals surface area contributed by atoms with E-state index in [1.54, 1.807) is 17.1 Å². The van der Waals surface area contributed by atoms with Crippen molar-refractivity contribution >= 4 is 17.8 Å². The molecule has 1 aromatic carbocycles. The Morgan fingerprint density at radius 1 is 1.00 bits per heavy atom. The van der Waals surface area contributed by atoms with Crippen molar-refractivity contribution in [1.29, 1.82) is 0 Å². The number of hydrogen-bond acceptors (Lipinski definition) is 6. The van der Waals surface area contributed by atoms with Gasteiger partial charge < -0.3 is 15.4 Å². The molecular formula is C17H20N4O5. The molecule has 0 amide bonds. The van der Waals surface area contributed by atoms with Crippen LogP contribution in [0.4, 0.5) is 5.69 Å². The maximum absolute atomic E-state index is 11.4. The van der Waals surface area contributed by atoms with Gasteiger partial charge in [-0.25, -0.2) is 4.79 Å². The maximum Gasteiger partial charge on any atom is 0.357 e. The van der Waals surface area contributed by atoms with Crippen molar-refractivity contribution in [3.8, 4) is 5.75 Å². The first-order valence-corrected chi connectivity index (χ1v) is 8.16. The molecule has 1 fully saturated rings. The third-order valence-electron chi connectivity index (χ3n) is 3.67. The van der Waals surface area contributed by atoms with Gasteiger partial charge in [-0.1, -0.05) is 24.6 Å². The highest BCUT2D eigenvalue weighted by Crippen LogP contribution is 2.14. The Balaban J connectivity index is 0.000000342. The smallest absolute Gasteiger partial charge is 0.357 e. The Hall–Kier alpha value is -3.20. The molecule has 2 aromatic rings. The molecule has 1 aromatic heterocycles. The van der Waals surface area contributed by atoms with Crippen LogP contribution in [0.5, 0.6) is 5.75 Å². The number of nitrogens with zero attached hydrogens (tertiary/aromatic N) is 1. The van der Waals surface area contributed by atoms with E-state index < -0.39 is 21.9 Å². The average molecular weight is 360 g/mol. The molecule has 0 radical (unpaired) electrons. The third-order valence-corrected chi connectivity index (χ3v) is 3.67. The molecule has 1 aliphatic heterocycles. The van der Waals surface area contributed by atoms with E-state index in [9.17, 15) is 19.7 Å². The molecule has 2 heterocycles. The van der Waals surface area contributed by atoms with E-state index in [4.69, 9.17) is 5.11 Å². The molecule has 26 heavy (non-hydrogen) atoms. The zero-order valence-electron chi connectivity index (χ0n) is 14.0. The Morgan fingerprint density at radius 2 is 1.65 bits per heavy atom. The molecular weight excluding hydrogens is 340 g/mol. The fourth-order valence-corrected chi connectivity index (χ4v) is 2.37. The van der Waals surface area contributed by atoms with Crippen molar-refractivity contribution in [3.63, 3.8) is 0 Å². The lowest BCUT2D eigenvalue weighted by Gasteiger charge is -2.08. The van der Waals surface area contributed by atoms with Crippen LogP contribution in [0.3, 0.4) is 0 Å². The van der Waals surface area contributed by atoms with Crippen molar-refractivity contribution in [3.05, 3.63) is 66.5 Å². The lowest BCUT2D eigenvalue weighted by atomic mass is 10.2. The Bertz CT molecular complexity index is 868. The predicted molar refractivity (Wildman–Crippen MR) is 98.1 cm³/mol. The number of nitrogens with one attached hydrogen (secondary N) is 3. The first-order valence-electron chi connectivity index (χ1n) is 8.16. The monoisotopic (exact) mass is 360 g/mol. The minimum absolute atomic E-state index is 0.0812. The largest absolute Gasteiger partial charge is 0.508 e. The van der Waals surface area contributed by atoms with E-state index in [0.717, 1.165) is 0 Å². The minimum atomic E-state index is -1.07. The van der Waals surface area contributed by atoms with Gasteiger partial charge in [0.05, 0.1) is 4.92 Å². The van der Waals surface area contributed by atoms with Crippen LogP contribution in [0.15, 0.2) is 33.9 Å². The highest BCUT2D eigenvalue weighted by Gasteiger charge is 2.18. The number of rotatable bonds is 3. The van der Waals surface area contributed by atoms with Crippen molar-refractivity contribution in [2.24, 2.45) is 0 Å². The summed E-state index contributed by atoms with van der Waals surface area (Å²) in [6.45, 7) is 2.50. The molecule has 1 saturated heterocycles. The van der Waals surface area contributed by atoms with Crippen LogP contribution in [0.2, 0.25) is 0 Å². The van der Waals surface area contributed by atoms with Crippen LogP contribution >= 0.6 is 0 Å². The van der Waals surface area contributed by atoms with Crippen molar-refractivity contribution in [2.45, 2.75) is 19.3 Å². The van der Waals surface area contributed by atoms with Crippen molar-refractivity contribution < 1.29 is 10.0 Å². The van der Waals surface area contributed by atoms with Gasteiger partial charge in [-0.2, -0.15) is 0 Å². The summed E-state index contributed by atoms with van der Waals surface area (Å²) in [7, 11) is 0. The molecule has 0 saturated carbocycles. The number of aromatic nitrogens is 2. The van der Waals surface area contributed by atoms with E-state index in [0.29, 0.717) is 5.56 Å². The zero-order valence-corrected chi connectivity index (χ0v) is 14.0. The predicted octanol–water partition coefficient (Wildman–Crippen LogP) is 1.61. The fourth-order valence-electron chi connectivity index (χ4n) is 2.37. The molecule has 4 N–H and O–H groups in total. The summed E-state index contributed by atoms with van der Waals surface area (Å²) in [6, 6.07) is 6.02. The molecule has 138 valence electrons. The summed E-state index contributed by atoms with van der Waals surface area (Å²) in [5.74, 6) is 0.0812. The van der Waals surface area contributed by atoms with Gasteiger partial charge in [-0.3, -0.25) is 19.9 Å². The lowest BCUT2D eigenvalue weighted by molar-refractivity contribution is -0.386. The van der Waals surface area contributed by atoms with Gasteiger partial charge >= 0.3 is 16.9 Å². The van der Waals surface area contributed by atoms with Gasteiger partial charge in [0.15, 0.2) is 0 Å². The molecule has 0 unspecified atom stereocenters. The summed E-state index contributed by atoms with van der Waals surface area (Å²) in [5.41, 5.74) is -2.19. The summed E-state index contributed by atoms with van der Waals surface area (Å²) >= 11 is 0. The molecule has 3 rings (SSSR count). The lowest BCUT2D eigenvalue weighted by Crippen LogP contribution is -2.25. The van der Waals surface area contributed by atoms with Gasteiger partial charge in [0, 0.05) is 0 Å². The first-order chi connectivity index (χ1) is 12.5. The standard InChI is InChI=1S/C12H9N3O5.C5H11N/c16-8-4-1-7(2-5-8)3-6-9-10(15(19)20)11(17)14-12(18)13-9;1-2-4-6-5-3-1/h1-6,16H,(H2,13,14,17,18);6H,1-5H2/b6-3+;. The second-order valence-electron chi connectivity index (χ2n) is 5.66. The van der Waals surface area contributed by atoms with E-state index >= 15 is 0 Å². The number of piperidine rings is 1. The summed E-state index contributed by atoms with van der Waals surface area (Å²) in [5, 5.41) is 23.2. The second-order valence-corrected chi connectivity index (χ2v) is 5.66. The van der Waals surface area contributed by atoms with Gasteiger partial charge in [0.1, 0.15) is 11.4 Å². The third kappa shape index (κ3) is 5.71. The molecule has 0 aliphatic carbocycles. The second kappa shape index (κ2) is 9.33. The highest BCUT2D eigenvalue weighted by molar-refractivity contribution is 5.71. The molecule has 0 bridgehead atoms. The van der Waals surface area contributed by atoms with Crippen LogP contribution < -0.4 is 16.6 Å². The van der Waals surface area contributed by atoms with E-state index in [1.165, 1.54) is 56.6 Å². The van der Waals surface area contributed by atoms with Gasteiger partial charge in [0.25, 0.3) is 0 Å². The molecule has 0 atom stereocenters. The van der Waals surface area contributed by atoms with Crippen LogP contribution in [-0.2, 0) is 0 Å². The topological polar surface area (TPSA) is 141 Å². The van der Waals surface area contributed by atoms with Crippen LogP contribution in [0, 0.1) is 10.1 Å². The molecule has 9 heteroatoms. The van der Waals surface area contributed by atoms with E-state index in [2.05, 4.69) is 10.3 Å². The summed E-state index contributed by atoms with van der Waals surface area (Å²) < 4.78 is 0. The Kier molecular flexibility index (Phi) is 6.86.